The smallest absolute Gasteiger partial charge is 0.326 e. The zero-order valence-corrected chi connectivity index (χ0v) is 13.1. The highest BCUT2D eigenvalue weighted by Gasteiger charge is 2.34. The Labute approximate surface area is 130 Å². The minimum absolute atomic E-state index is 0.150. The molecule has 1 aromatic carbocycles. The van der Waals surface area contributed by atoms with Crippen molar-refractivity contribution in [3.63, 3.8) is 0 Å². The molecule has 1 unspecified atom stereocenters. The van der Waals surface area contributed by atoms with E-state index in [4.69, 9.17) is 5.73 Å². The van der Waals surface area contributed by atoms with Gasteiger partial charge in [-0.15, -0.1) is 6.58 Å². The Morgan fingerprint density at radius 2 is 2.14 bits per heavy atom. The van der Waals surface area contributed by atoms with Gasteiger partial charge in [-0.1, -0.05) is 24.3 Å². The van der Waals surface area contributed by atoms with E-state index in [1.54, 1.807) is 24.3 Å². The normalized spacial score (nSPS) is 12.9. The topological polar surface area (TPSA) is 110 Å². The molecule has 0 aliphatic rings. The number of benzene rings is 1. The summed E-state index contributed by atoms with van der Waals surface area (Å²) in [6, 6.07) is 5.35. The van der Waals surface area contributed by atoms with Crippen LogP contribution in [0.25, 0.3) is 0 Å². The maximum absolute atomic E-state index is 12.4. The number of hydrogen-bond acceptors (Lipinski definition) is 6. The van der Waals surface area contributed by atoms with E-state index in [2.05, 4.69) is 11.3 Å². The van der Waals surface area contributed by atoms with Crippen LogP contribution in [-0.4, -0.2) is 49.3 Å². The van der Waals surface area contributed by atoms with Crippen LogP contribution in [0.1, 0.15) is 5.56 Å². The highest BCUT2D eigenvalue weighted by molar-refractivity contribution is 7.89. The standard InChI is InChI=1S/C14H20N2O5S/c1-3-8-22(19,20)16(13(10-17)14(18)21-2)9-11-6-4-5-7-12(11)15/h3-7,13,17H,1,8-10,15H2,2H3. The number of carbonyl (C=O) groups is 1. The molecule has 0 saturated carbocycles. The van der Waals surface area contributed by atoms with Crippen LogP contribution in [0.15, 0.2) is 36.9 Å². The van der Waals surface area contributed by atoms with Gasteiger partial charge in [0.25, 0.3) is 0 Å². The van der Waals surface area contributed by atoms with Crippen molar-refractivity contribution in [3.05, 3.63) is 42.5 Å². The second kappa shape index (κ2) is 7.92. The number of carbonyl (C=O) groups excluding carboxylic acids is 1. The summed E-state index contributed by atoms with van der Waals surface area (Å²) in [5.74, 6) is -1.21. The molecule has 0 radical (unpaired) electrons. The zero-order valence-electron chi connectivity index (χ0n) is 12.3. The summed E-state index contributed by atoms with van der Waals surface area (Å²) in [5.41, 5.74) is 6.73. The summed E-state index contributed by atoms with van der Waals surface area (Å²) in [5, 5.41) is 9.41. The van der Waals surface area contributed by atoms with E-state index in [0.717, 1.165) is 11.4 Å². The Balaban J connectivity index is 3.25. The number of anilines is 1. The SMILES string of the molecule is C=CCS(=O)(=O)N(Cc1ccccc1N)C(CO)C(=O)OC. The monoisotopic (exact) mass is 328 g/mol. The number of esters is 1. The second-order valence-corrected chi connectivity index (χ2v) is 6.50. The van der Waals surface area contributed by atoms with Crippen molar-refractivity contribution in [2.24, 2.45) is 0 Å². The van der Waals surface area contributed by atoms with Crippen LogP contribution >= 0.6 is 0 Å². The minimum atomic E-state index is -3.85. The number of nitrogen functional groups attached to an aromatic ring is 1. The Morgan fingerprint density at radius 3 is 2.64 bits per heavy atom. The number of ether oxygens (including phenoxy) is 1. The third-order valence-electron chi connectivity index (χ3n) is 3.06. The van der Waals surface area contributed by atoms with Gasteiger partial charge in [0.1, 0.15) is 6.04 Å². The van der Waals surface area contributed by atoms with E-state index < -0.39 is 28.6 Å². The fourth-order valence-corrected chi connectivity index (χ4v) is 3.28. The molecule has 0 bridgehead atoms. The van der Waals surface area contributed by atoms with Gasteiger partial charge in [0, 0.05) is 12.2 Å². The van der Waals surface area contributed by atoms with Crippen LogP contribution in [0.2, 0.25) is 0 Å². The van der Waals surface area contributed by atoms with Gasteiger partial charge in [-0.3, -0.25) is 4.79 Å². The molecule has 122 valence electrons. The second-order valence-electron chi connectivity index (χ2n) is 4.53. The van der Waals surface area contributed by atoms with Gasteiger partial charge in [0.2, 0.25) is 10.0 Å². The molecule has 3 N–H and O–H groups in total. The van der Waals surface area contributed by atoms with Crippen LogP contribution in [0.4, 0.5) is 5.69 Å². The van der Waals surface area contributed by atoms with Crippen LogP contribution in [0, 0.1) is 0 Å². The highest BCUT2D eigenvalue weighted by atomic mass is 32.2. The maximum atomic E-state index is 12.4. The third kappa shape index (κ3) is 4.30. The molecule has 0 aliphatic carbocycles. The van der Waals surface area contributed by atoms with Crippen molar-refractivity contribution in [1.82, 2.24) is 4.31 Å². The van der Waals surface area contributed by atoms with E-state index in [1.807, 2.05) is 0 Å². The molecular weight excluding hydrogens is 308 g/mol. The number of aliphatic hydroxyl groups excluding tert-OH is 1. The fraction of sp³-hybridized carbons (Fsp3) is 0.357. The number of nitrogens with two attached hydrogens (primary N) is 1. The van der Waals surface area contributed by atoms with E-state index in [-0.39, 0.29) is 12.3 Å². The van der Waals surface area contributed by atoms with Gasteiger partial charge >= 0.3 is 5.97 Å². The van der Waals surface area contributed by atoms with E-state index >= 15 is 0 Å². The minimum Gasteiger partial charge on any atom is -0.468 e. The summed E-state index contributed by atoms with van der Waals surface area (Å²) in [7, 11) is -2.73. The molecule has 22 heavy (non-hydrogen) atoms. The first-order valence-electron chi connectivity index (χ1n) is 6.49. The van der Waals surface area contributed by atoms with Crippen LogP contribution in [0.3, 0.4) is 0 Å². The number of aliphatic hydroxyl groups is 1. The van der Waals surface area contributed by atoms with Gasteiger partial charge in [-0.05, 0) is 11.6 Å². The molecule has 0 aromatic heterocycles. The summed E-state index contributed by atoms with van der Waals surface area (Å²) >= 11 is 0. The van der Waals surface area contributed by atoms with Gasteiger partial charge in [-0.25, -0.2) is 8.42 Å². The average Bonchev–Trinajstić information content (AvgIpc) is 2.48. The van der Waals surface area contributed by atoms with E-state index in [9.17, 15) is 18.3 Å². The van der Waals surface area contributed by atoms with Gasteiger partial charge in [0.05, 0.1) is 19.5 Å². The number of methoxy groups -OCH3 is 1. The van der Waals surface area contributed by atoms with Crippen molar-refractivity contribution in [2.75, 3.05) is 25.2 Å². The summed E-state index contributed by atoms with van der Waals surface area (Å²) in [6.45, 7) is 2.55. The van der Waals surface area contributed by atoms with E-state index in [0.29, 0.717) is 11.3 Å². The van der Waals surface area contributed by atoms with Crippen LogP contribution in [0.5, 0.6) is 0 Å². The number of hydrogen-bond donors (Lipinski definition) is 2. The van der Waals surface area contributed by atoms with Crippen LogP contribution < -0.4 is 5.73 Å². The number of rotatable bonds is 8. The molecule has 1 aromatic rings. The molecule has 0 fully saturated rings. The largest absolute Gasteiger partial charge is 0.468 e. The Morgan fingerprint density at radius 1 is 1.50 bits per heavy atom. The lowest BCUT2D eigenvalue weighted by molar-refractivity contribution is -0.146. The predicted octanol–water partition coefficient (Wildman–Crippen LogP) is 0.121. The summed E-state index contributed by atoms with van der Waals surface area (Å²) in [6.07, 6.45) is 1.21. The molecule has 0 heterocycles. The van der Waals surface area contributed by atoms with Crippen molar-refractivity contribution < 1.29 is 23.1 Å². The van der Waals surface area contributed by atoms with Crippen molar-refractivity contribution in [1.29, 1.82) is 0 Å². The quantitative estimate of drug-likeness (QED) is 0.398. The first-order valence-corrected chi connectivity index (χ1v) is 8.10. The predicted molar refractivity (Wildman–Crippen MR) is 83.3 cm³/mol. The van der Waals surface area contributed by atoms with Crippen molar-refractivity contribution >= 4 is 21.7 Å². The number of sulfonamides is 1. The van der Waals surface area contributed by atoms with Gasteiger partial charge in [0.15, 0.2) is 0 Å². The first kappa shape index (κ1) is 18.1. The maximum Gasteiger partial charge on any atom is 0.326 e. The van der Waals surface area contributed by atoms with Crippen molar-refractivity contribution in [2.45, 2.75) is 12.6 Å². The third-order valence-corrected chi connectivity index (χ3v) is 4.82. The zero-order chi connectivity index (χ0) is 16.8. The molecule has 0 aliphatic heterocycles. The lowest BCUT2D eigenvalue weighted by Crippen LogP contribution is -2.48. The lowest BCUT2D eigenvalue weighted by atomic mass is 10.1. The molecular formula is C14H20N2O5S. The average molecular weight is 328 g/mol. The summed E-state index contributed by atoms with van der Waals surface area (Å²) < 4.78 is 30.2. The first-order chi connectivity index (χ1) is 10.4. The highest BCUT2D eigenvalue weighted by Crippen LogP contribution is 2.19. The Hall–Kier alpha value is -1.90. The Bertz CT molecular complexity index is 630. The summed E-state index contributed by atoms with van der Waals surface area (Å²) in [4.78, 5) is 11.8. The van der Waals surface area contributed by atoms with Crippen molar-refractivity contribution in [3.8, 4) is 0 Å². The molecule has 0 spiro atoms. The molecule has 7 nitrogen and oxygen atoms in total. The Kier molecular flexibility index (Phi) is 6.54. The van der Waals surface area contributed by atoms with Crippen LogP contribution in [-0.2, 0) is 26.1 Å². The number of nitrogens with zero attached hydrogens (tertiary/aromatic N) is 1. The van der Waals surface area contributed by atoms with Gasteiger partial charge in [-0.2, -0.15) is 4.31 Å². The van der Waals surface area contributed by atoms with Gasteiger partial charge < -0.3 is 15.6 Å². The molecule has 8 heteroatoms. The molecule has 1 atom stereocenters. The van der Waals surface area contributed by atoms with E-state index in [1.165, 1.54) is 6.08 Å². The molecule has 1 rings (SSSR count). The molecule has 0 amide bonds. The lowest BCUT2D eigenvalue weighted by Gasteiger charge is -2.27. The molecule has 0 saturated heterocycles. The fourth-order valence-electron chi connectivity index (χ4n) is 1.91. The number of para-hydroxylation sites is 1.